The van der Waals surface area contributed by atoms with Gasteiger partial charge in [-0.1, -0.05) is 18.2 Å². The first-order valence-electron chi connectivity index (χ1n) is 10.3. The minimum Gasteiger partial charge on any atom is -0.378 e. The van der Waals surface area contributed by atoms with Crippen LogP contribution >= 0.6 is 0 Å². The maximum Gasteiger partial charge on any atom is 0.352 e. The van der Waals surface area contributed by atoms with Crippen LogP contribution in [0.25, 0.3) is 5.69 Å². The van der Waals surface area contributed by atoms with Crippen molar-refractivity contribution in [3.8, 4) is 5.69 Å². The molecule has 0 bridgehead atoms. The third-order valence-electron chi connectivity index (χ3n) is 5.43. The van der Waals surface area contributed by atoms with Crippen LogP contribution in [0.1, 0.15) is 0 Å². The largest absolute Gasteiger partial charge is 0.378 e. The van der Waals surface area contributed by atoms with E-state index in [0.717, 1.165) is 13.9 Å². The number of hydrogen-bond donors (Lipinski definition) is 0. The molecule has 2 amide bonds. The maximum atomic E-state index is 13.2. The average Bonchev–Trinajstić information content (AvgIpc) is 3.04. The SMILES string of the molecule is O=C(Cn1c(=O)n(-c2ccccc2)c(=O)n1CC(=O)N1CCOCC1)N1CCOCC1. The van der Waals surface area contributed by atoms with Crippen LogP contribution in [0.15, 0.2) is 39.9 Å². The monoisotopic (exact) mass is 431 g/mol. The molecule has 11 heteroatoms. The second-order valence-corrected chi connectivity index (χ2v) is 7.34. The third kappa shape index (κ3) is 4.47. The number of aromatic nitrogens is 3. The van der Waals surface area contributed by atoms with Gasteiger partial charge in [-0.2, -0.15) is 0 Å². The summed E-state index contributed by atoms with van der Waals surface area (Å²) in [5.74, 6) is -0.605. The molecule has 2 saturated heterocycles. The highest BCUT2D eigenvalue weighted by Gasteiger charge is 2.26. The summed E-state index contributed by atoms with van der Waals surface area (Å²) in [6.45, 7) is 2.72. The molecule has 0 atom stereocenters. The lowest BCUT2D eigenvalue weighted by Gasteiger charge is -2.28. The van der Waals surface area contributed by atoms with E-state index in [9.17, 15) is 19.2 Å². The molecule has 1 aromatic carbocycles. The maximum absolute atomic E-state index is 13.2. The van der Waals surface area contributed by atoms with E-state index in [-0.39, 0.29) is 24.9 Å². The zero-order valence-corrected chi connectivity index (χ0v) is 17.1. The highest BCUT2D eigenvalue weighted by molar-refractivity contribution is 5.77. The van der Waals surface area contributed by atoms with Gasteiger partial charge >= 0.3 is 11.4 Å². The Morgan fingerprint density at radius 2 is 1.13 bits per heavy atom. The highest BCUT2D eigenvalue weighted by atomic mass is 16.5. The minimum absolute atomic E-state index is 0.303. The summed E-state index contributed by atoms with van der Waals surface area (Å²) < 4.78 is 13.6. The fourth-order valence-electron chi connectivity index (χ4n) is 3.70. The predicted molar refractivity (Wildman–Crippen MR) is 109 cm³/mol. The van der Waals surface area contributed by atoms with Gasteiger partial charge in [-0.3, -0.25) is 9.59 Å². The van der Waals surface area contributed by atoms with Gasteiger partial charge in [0.2, 0.25) is 11.8 Å². The first kappa shape index (κ1) is 21.1. The lowest BCUT2D eigenvalue weighted by atomic mass is 10.3. The fraction of sp³-hybridized carbons (Fsp3) is 0.500. The van der Waals surface area contributed by atoms with E-state index in [1.165, 1.54) is 0 Å². The molecule has 0 spiro atoms. The van der Waals surface area contributed by atoms with Crippen LogP contribution in [0.3, 0.4) is 0 Å². The molecule has 2 aromatic rings. The molecular weight excluding hydrogens is 406 g/mol. The Bertz CT molecular complexity index is 981. The summed E-state index contributed by atoms with van der Waals surface area (Å²) in [6.07, 6.45) is 0. The fourth-order valence-corrected chi connectivity index (χ4v) is 3.70. The summed E-state index contributed by atoms with van der Waals surface area (Å²) >= 11 is 0. The van der Waals surface area contributed by atoms with Crippen LogP contribution in [-0.2, 0) is 32.2 Å². The molecule has 2 aliphatic heterocycles. The first-order valence-corrected chi connectivity index (χ1v) is 10.3. The number of ether oxygens (including phenoxy) is 2. The van der Waals surface area contributed by atoms with Crippen molar-refractivity contribution in [2.24, 2.45) is 0 Å². The number of benzene rings is 1. The zero-order chi connectivity index (χ0) is 21.8. The lowest BCUT2D eigenvalue weighted by molar-refractivity contribution is -0.138. The van der Waals surface area contributed by atoms with Crippen molar-refractivity contribution in [1.29, 1.82) is 0 Å². The molecule has 1 aromatic heterocycles. The van der Waals surface area contributed by atoms with Crippen LogP contribution in [0.4, 0.5) is 0 Å². The number of para-hydroxylation sites is 1. The molecule has 0 unspecified atom stereocenters. The molecule has 2 aliphatic rings. The van der Waals surface area contributed by atoms with Crippen LogP contribution in [0.5, 0.6) is 0 Å². The minimum atomic E-state index is -0.660. The van der Waals surface area contributed by atoms with Gasteiger partial charge in [0.25, 0.3) is 0 Å². The Labute approximate surface area is 177 Å². The van der Waals surface area contributed by atoms with E-state index in [4.69, 9.17) is 9.47 Å². The quantitative estimate of drug-likeness (QED) is 0.571. The molecule has 2 fully saturated rings. The summed E-state index contributed by atoms with van der Waals surface area (Å²) in [5, 5.41) is 0. The Morgan fingerprint density at radius 1 is 0.710 bits per heavy atom. The Balaban J connectivity index is 1.69. The van der Waals surface area contributed by atoms with Gasteiger partial charge in [-0.15, -0.1) is 0 Å². The molecule has 3 heterocycles. The van der Waals surface area contributed by atoms with Crippen LogP contribution in [0, 0.1) is 0 Å². The topological polar surface area (TPSA) is 108 Å². The van der Waals surface area contributed by atoms with E-state index in [1.807, 2.05) is 0 Å². The van der Waals surface area contributed by atoms with Gasteiger partial charge in [0, 0.05) is 26.2 Å². The smallest absolute Gasteiger partial charge is 0.352 e. The molecule has 0 saturated carbocycles. The zero-order valence-electron chi connectivity index (χ0n) is 17.1. The molecule has 0 radical (unpaired) electrons. The van der Waals surface area contributed by atoms with E-state index in [0.29, 0.717) is 58.3 Å². The van der Waals surface area contributed by atoms with Crippen molar-refractivity contribution in [2.45, 2.75) is 13.1 Å². The number of rotatable bonds is 5. The average molecular weight is 431 g/mol. The number of nitrogens with zero attached hydrogens (tertiary/aromatic N) is 5. The van der Waals surface area contributed by atoms with Crippen molar-refractivity contribution in [3.63, 3.8) is 0 Å². The van der Waals surface area contributed by atoms with E-state index < -0.39 is 11.4 Å². The van der Waals surface area contributed by atoms with Crippen molar-refractivity contribution in [2.75, 3.05) is 52.6 Å². The number of carbonyl (C=O) groups is 2. The lowest BCUT2D eigenvalue weighted by Crippen LogP contribution is -2.46. The highest BCUT2D eigenvalue weighted by Crippen LogP contribution is 2.04. The summed E-state index contributed by atoms with van der Waals surface area (Å²) in [7, 11) is 0. The van der Waals surface area contributed by atoms with E-state index in [1.54, 1.807) is 40.1 Å². The Kier molecular flexibility index (Phi) is 6.33. The summed E-state index contributed by atoms with van der Waals surface area (Å²) in [5.41, 5.74) is -0.942. The van der Waals surface area contributed by atoms with Crippen molar-refractivity contribution in [1.82, 2.24) is 23.7 Å². The second-order valence-electron chi connectivity index (χ2n) is 7.34. The Morgan fingerprint density at radius 3 is 1.55 bits per heavy atom. The van der Waals surface area contributed by atoms with E-state index in [2.05, 4.69) is 0 Å². The van der Waals surface area contributed by atoms with Gasteiger partial charge < -0.3 is 19.3 Å². The molecule has 166 valence electrons. The van der Waals surface area contributed by atoms with Crippen LogP contribution in [-0.4, -0.2) is 88.2 Å². The van der Waals surface area contributed by atoms with Gasteiger partial charge in [-0.25, -0.2) is 23.5 Å². The first-order chi connectivity index (χ1) is 15.1. The molecule has 0 aliphatic carbocycles. The Hall–Kier alpha value is -3.18. The van der Waals surface area contributed by atoms with Gasteiger partial charge in [0.05, 0.1) is 32.1 Å². The summed E-state index contributed by atoms with van der Waals surface area (Å²) in [6, 6.07) is 8.45. The molecule has 4 rings (SSSR count). The molecule has 0 N–H and O–H groups in total. The van der Waals surface area contributed by atoms with Crippen LogP contribution in [0.2, 0.25) is 0 Å². The van der Waals surface area contributed by atoms with Crippen molar-refractivity contribution >= 4 is 11.8 Å². The molecule has 11 nitrogen and oxygen atoms in total. The van der Waals surface area contributed by atoms with Crippen LogP contribution < -0.4 is 11.4 Å². The number of carbonyl (C=O) groups excluding carboxylic acids is 2. The number of hydrogen-bond acceptors (Lipinski definition) is 6. The number of morpholine rings is 2. The number of amides is 2. The van der Waals surface area contributed by atoms with E-state index >= 15 is 0 Å². The van der Waals surface area contributed by atoms with Gasteiger partial charge in [0.15, 0.2) is 0 Å². The normalized spacial score (nSPS) is 17.0. The predicted octanol–water partition coefficient (Wildman–Crippen LogP) is -1.48. The second kappa shape index (κ2) is 9.31. The van der Waals surface area contributed by atoms with Gasteiger partial charge in [0.1, 0.15) is 13.1 Å². The van der Waals surface area contributed by atoms with Gasteiger partial charge in [-0.05, 0) is 12.1 Å². The third-order valence-corrected chi connectivity index (χ3v) is 5.43. The summed E-state index contributed by atoms with van der Waals surface area (Å²) in [4.78, 5) is 55.1. The van der Waals surface area contributed by atoms with Crippen molar-refractivity contribution in [3.05, 3.63) is 51.3 Å². The molecule has 31 heavy (non-hydrogen) atoms. The molecular formula is C20H25N5O6. The standard InChI is InChI=1S/C20H25N5O6/c26-17(21-6-10-30-11-7-21)14-23-19(28)25(16-4-2-1-3-5-16)20(29)24(23)15-18(27)22-8-12-31-13-9-22/h1-5H,6-15H2. The van der Waals surface area contributed by atoms with Crippen molar-refractivity contribution < 1.29 is 19.1 Å².